The molecule has 11 nitrogen and oxygen atoms in total. The number of carbonyl (C=O) groups is 1. The Labute approximate surface area is 254 Å². The lowest BCUT2D eigenvalue weighted by atomic mass is 10.2. The first-order valence-electron chi connectivity index (χ1n) is 13.6. The zero-order valence-electron chi connectivity index (χ0n) is 24.8. The summed E-state index contributed by atoms with van der Waals surface area (Å²) in [5.41, 5.74) is 1.64. The number of ether oxygens (including phenoxy) is 3. The Hall–Kier alpha value is -4.77. The second-order valence-electron chi connectivity index (χ2n) is 9.54. The standard InChI is InChI=1S/C31H35ClN6O5/c1-6-23(41-3)10-8-7-9-17-38-29(35-36(2)31(38)40)28-26(33-30(39)25-18-22(32)13-16-27(25)43-5)20-37(34-28)19-21-11-14-24(42-4)15-12-21/h6-8,11-16,18,20H,9-10,17,19H2,1-5H3,(H,33,39)/b8-7-,23-6+. The van der Waals surface area contributed by atoms with Gasteiger partial charge in [-0.15, -0.1) is 5.10 Å². The summed E-state index contributed by atoms with van der Waals surface area (Å²) in [6.45, 7) is 2.68. The van der Waals surface area contributed by atoms with E-state index in [1.807, 2.05) is 49.4 Å². The van der Waals surface area contributed by atoms with Gasteiger partial charge in [-0.1, -0.05) is 35.9 Å². The van der Waals surface area contributed by atoms with E-state index in [0.717, 1.165) is 17.1 Å². The number of hydrogen-bond acceptors (Lipinski definition) is 7. The quantitative estimate of drug-likeness (QED) is 0.162. The maximum absolute atomic E-state index is 13.5. The highest BCUT2D eigenvalue weighted by Gasteiger charge is 2.23. The van der Waals surface area contributed by atoms with Gasteiger partial charge >= 0.3 is 5.69 Å². The van der Waals surface area contributed by atoms with Crippen LogP contribution < -0.4 is 20.5 Å². The van der Waals surface area contributed by atoms with Crippen molar-refractivity contribution in [3.63, 3.8) is 0 Å². The number of nitrogens with zero attached hydrogens (tertiary/aromatic N) is 5. The van der Waals surface area contributed by atoms with Crippen molar-refractivity contribution in [1.29, 1.82) is 0 Å². The summed E-state index contributed by atoms with van der Waals surface area (Å²) in [6, 6.07) is 12.4. The van der Waals surface area contributed by atoms with Gasteiger partial charge in [-0.25, -0.2) is 9.48 Å². The molecule has 43 heavy (non-hydrogen) atoms. The van der Waals surface area contributed by atoms with Crippen molar-refractivity contribution in [2.45, 2.75) is 32.9 Å². The van der Waals surface area contributed by atoms with Crippen LogP contribution in [0.4, 0.5) is 5.69 Å². The van der Waals surface area contributed by atoms with Gasteiger partial charge in [0.1, 0.15) is 11.5 Å². The van der Waals surface area contributed by atoms with Gasteiger partial charge in [0, 0.05) is 31.2 Å². The number of aryl methyl sites for hydroxylation is 1. The number of rotatable bonds is 13. The topological polar surface area (TPSA) is 114 Å². The molecule has 0 radical (unpaired) electrons. The minimum Gasteiger partial charge on any atom is -0.501 e. The van der Waals surface area contributed by atoms with Crippen molar-refractivity contribution in [3.8, 4) is 23.0 Å². The van der Waals surface area contributed by atoms with Crippen LogP contribution in [0.3, 0.4) is 0 Å². The molecule has 2 heterocycles. The number of amides is 1. The summed E-state index contributed by atoms with van der Waals surface area (Å²) >= 11 is 6.18. The zero-order valence-corrected chi connectivity index (χ0v) is 25.6. The number of benzene rings is 2. The lowest BCUT2D eigenvalue weighted by Crippen LogP contribution is -2.23. The number of allylic oxidation sites excluding steroid dienone is 3. The average molecular weight is 607 g/mol. The molecule has 4 aromatic rings. The van der Waals surface area contributed by atoms with Crippen LogP contribution in [0.5, 0.6) is 11.5 Å². The molecule has 0 bridgehead atoms. The molecular weight excluding hydrogens is 572 g/mol. The number of methoxy groups -OCH3 is 3. The van der Waals surface area contributed by atoms with Crippen molar-refractivity contribution in [2.75, 3.05) is 26.6 Å². The Morgan fingerprint density at radius 2 is 1.81 bits per heavy atom. The van der Waals surface area contributed by atoms with Gasteiger partial charge in [-0.2, -0.15) is 5.10 Å². The Kier molecular flexibility index (Phi) is 10.4. The van der Waals surface area contributed by atoms with E-state index in [-0.39, 0.29) is 11.3 Å². The molecule has 0 spiro atoms. The first-order valence-corrected chi connectivity index (χ1v) is 14.0. The molecule has 2 aromatic heterocycles. The number of carbonyl (C=O) groups excluding carboxylic acids is 1. The molecule has 0 saturated heterocycles. The van der Waals surface area contributed by atoms with E-state index in [1.165, 1.54) is 17.9 Å². The summed E-state index contributed by atoms with van der Waals surface area (Å²) in [6.07, 6.45) is 8.83. The fraction of sp³-hybridized carbons (Fsp3) is 0.290. The molecule has 1 amide bonds. The highest BCUT2D eigenvalue weighted by Crippen LogP contribution is 2.28. The third-order valence-electron chi connectivity index (χ3n) is 6.73. The third kappa shape index (κ3) is 7.55. The maximum atomic E-state index is 13.5. The largest absolute Gasteiger partial charge is 0.501 e. The van der Waals surface area contributed by atoms with E-state index in [1.54, 1.807) is 48.8 Å². The van der Waals surface area contributed by atoms with Crippen molar-refractivity contribution in [1.82, 2.24) is 24.1 Å². The number of halogens is 1. The van der Waals surface area contributed by atoms with Crippen LogP contribution in [0.15, 0.2) is 77.4 Å². The summed E-state index contributed by atoms with van der Waals surface area (Å²) in [5, 5.41) is 12.6. The second kappa shape index (κ2) is 14.4. The smallest absolute Gasteiger partial charge is 0.345 e. The van der Waals surface area contributed by atoms with Crippen molar-refractivity contribution < 1.29 is 19.0 Å². The van der Waals surface area contributed by atoms with Gasteiger partial charge in [0.25, 0.3) is 5.91 Å². The Balaban J connectivity index is 1.70. The monoisotopic (exact) mass is 606 g/mol. The summed E-state index contributed by atoms with van der Waals surface area (Å²) in [7, 11) is 6.31. The van der Waals surface area contributed by atoms with Crippen molar-refractivity contribution in [2.24, 2.45) is 7.05 Å². The molecule has 4 rings (SSSR count). The maximum Gasteiger partial charge on any atom is 0.345 e. The van der Waals surface area contributed by atoms with E-state index >= 15 is 0 Å². The van der Waals surface area contributed by atoms with E-state index < -0.39 is 5.91 Å². The minimum atomic E-state index is -0.449. The fourth-order valence-corrected chi connectivity index (χ4v) is 4.62. The SMILES string of the molecule is C/C=C(\C/C=C\CCn1c(-c2nn(Cc3ccc(OC)cc3)cc2NC(=O)c2cc(Cl)ccc2OC)nn(C)c1=O)OC. The lowest BCUT2D eigenvalue weighted by Gasteiger charge is -2.10. The number of anilines is 1. The first-order chi connectivity index (χ1) is 20.8. The number of nitrogens with one attached hydrogen (secondary N) is 1. The molecule has 0 aliphatic carbocycles. The predicted molar refractivity (Wildman–Crippen MR) is 166 cm³/mol. The van der Waals surface area contributed by atoms with E-state index in [0.29, 0.717) is 53.9 Å². The lowest BCUT2D eigenvalue weighted by molar-refractivity contribution is 0.102. The molecule has 0 atom stereocenters. The number of aromatic nitrogens is 5. The molecule has 0 fully saturated rings. The second-order valence-corrected chi connectivity index (χ2v) is 9.98. The van der Waals surface area contributed by atoms with E-state index in [4.69, 9.17) is 30.9 Å². The van der Waals surface area contributed by atoms with E-state index in [2.05, 4.69) is 10.4 Å². The van der Waals surface area contributed by atoms with Crippen LogP contribution in [0.25, 0.3) is 11.5 Å². The van der Waals surface area contributed by atoms with Crippen molar-refractivity contribution in [3.05, 3.63) is 99.3 Å². The molecule has 0 aliphatic rings. The van der Waals surface area contributed by atoms with Crippen molar-refractivity contribution >= 4 is 23.2 Å². The molecule has 2 aromatic carbocycles. The number of hydrogen-bond donors (Lipinski definition) is 1. The van der Waals surface area contributed by atoms with Gasteiger partial charge < -0.3 is 19.5 Å². The Bertz CT molecular complexity index is 1680. The normalized spacial score (nSPS) is 11.6. The Morgan fingerprint density at radius 1 is 1.05 bits per heavy atom. The summed E-state index contributed by atoms with van der Waals surface area (Å²) in [5.74, 6) is 1.84. The third-order valence-corrected chi connectivity index (χ3v) is 6.96. The average Bonchev–Trinajstić information content (AvgIpc) is 3.53. The van der Waals surface area contributed by atoms with Gasteiger partial charge in [0.05, 0.1) is 44.9 Å². The van der Waals surface area contributed by atoms with Crippen LogP contribution in [0, 0.1) is 0 Å². The van der Waals surface area contributed by atoms with Gasteiger partial charge in [-0.3, -0.25) is 14.0 Å². The molecule has 0 saturated carbocycles. The summed E-state index contributed by atoms with van der Waals surface area (Å²) in [4.78, 5) is 26.6. The molecule has 12 heteroatoms. The molecule has 1 N–H and O–H groups in total. The predicted octanol–water partition coefficient (Wildman–Crippen LogP) is 5.30. The zero-order chi connectivity index (χ0) is 30.9. The molecule has 0 aliphatic heterocycles. The molecule has 0 unspecified atom stereocenters. The van der Waals surface area contributed by atoms with Crippen LogP contribution >= 0.6 is 11.6 Å². The van der Waals surface area contributed by atoms with Crippen LogP contribution in [-0.2, 0) is 24.9 Å². The van der Waals surface area contributed by atoms with Gasteiger partial charge in [0.15, 0.2) is 11.5 Å². The van der Waals surface area contributed by atoms with E-state index in [9.17, 15) is 9.59 Å². The first kappa shape index (κ1) is 31.2. The minimum absolute atomic E-state index is 0.254. The fourth-order valence-electron chi connectivity index (χ4n) is 4.45. The highest BCUT2D eigenvalue weighted by molar-refractivity contribution is 6.31. The summed E-state index contributed by atoms with van der Waals surface area (Å²) < 4.78 is 20.4. The van der Waals surface area contributed by atoms with Gasteiger partial charge in [0.2, 0.25) is 0 Å². The van der Waals surface area contributed by atoms with Gasteiger partial charge in [-0.05, 0) is 55.3 Å². The Morgan fingerprint density at radius 3 is 2.49 bits per heavy atom. The van der Waals surface area contributed by atoms with Crippen LogP contribution in [0.2, 0.25) is 5.02 Å². The molecule has 226 valence electrons. The molecular formula is C31H35ClN6O5. The van der Waals surface area contributed by atoms with Crippen LogP contribution in [0.1, 0.15) is 35.7 Å². The van der Waals surface area contributed by atoms with Crippen LogP contribution in [-0.4, -0.2) is 51.4 Å². The highest BCUT2D eigenvalue weighted by atomic mass is 35.5.